The quantitative estimate of drug-likeness (QED) is 0.816. The van der Waals surface area contributed by atoms with Crippen molar-refractivity contribution in [1.82, 2.24) is 0 Å². The molecule has 0 fully saturated rings. The van der Waals surface area contributed by atoms with Crippen LogP contribution in [0.5, 0.6) is 0 Å². The Bertz CT molecular complexity index is 535. The minimum Gasteiger partial charge on any atom is -0.383 e. The average Bonchev–Trinajstić information content (AvgIpc) is 2.87. The SMILES string of the molecule is CSc1ccc(C(O)c2ccc(C(C)(C)C)s2)cc1. The Morgan fingerprint density at radius 1 is 1.05 bits per heavy atom. The van der Waals surface area contributed by atoms with Gasteiger partial charge in [-0.2, -0.15) is 0 Å². The first-order valence-electron chi connectivity index (χ1n) is 6.34. The van der Waals surface area contributed by atoms with Gasteiger partial charge in [-0.15, -0.1) is 23.1 Å². The molecule has 19 heavy (non-hydrogen) atoms. The summed E-state index contributed by atoms with van der Waals surface area (Å²) >= 11 is 3.41. The van der Waals surface area contributed by atoms with Crippen molar-refractivity contribution in [2.75, 3.05) is 6.26 Å². The number of hydrogen-bond donors (Lipinski definition) is 1. The van der Waals surface area contributed by atoms with Crippen molar-refractivity contribution in [3.63, 3.8) is 0 Å². The van der Waals surface area contributed by atoms with Crippen LogP contribution in [0.4, 0.5) is 0 Å². The summed E-state index contributed by atoms with van der Waals surface area (Å²) in [4.78, 5) is 3.54. The van der Waals surface area contributed by atoms with Crippen LogP contribution in [-0.2, 0) is 5.41 Å². The van der Waals surface area contributed by atoms with Crippen LogP contribution >= 0.6 is 23.1 Å². The zero-order valence-corrected chi connectivity index (χ0v) is 13.4. The monoisotopic (exact) mass is 292 g/mol. The number of rotatable bonds is 3. The second kappa shape index (κ2) is 5.70. The van der Waals surface area contributed by atoms with Crippen molar-refractivity contribution in [2.24, 2.45) is 0 Å². The summed E-state index contributed by atoms with van der Waals surface area (Å²) in [7, 11) is 0. The molecule has 1 aromatic carbocycles. The molecular formula is C16H20OS2. The number of aliphatic hydroxyl groups excluding tert-OH is 1. The molecule has 1 heterocycles. The molecule has 1 aromatic heterocycles. The highest BCUT2D eigenvalue weighted by Crippen LogP contribution is 2.34. The highest BCUT2D eigenvalue weighted by Gasteiger charge is 2.19. The maximum atomic E-state index is 10.4. The summed E-state index contributed by atoms with van der Waals surface area (Å²) in [5, 5.41) is 10.4. The molecule has 0 aliphatic rings. The zero-order chi connectivity index (χ0) is 14.0. The Labute approximate surface area is 123 Å². The first kappa shape index (κ1) is 14.6. The Morgan fingerprint density at radius 3 is 2.16 bits per heavy atom. The van der Waals surface area contributed by atoms with E-state index in [9.17, 15) is 5.11 Å². The van der Waals surface area contributed by atoms with Crippen molar-refractivity contribution in [2.45, 2.75) is 37.2 Å². The van der Waals surface area contributed by atoms with Crippen LogP contribution in [-0.4, -0.2) is 11.4 Å². The number of benzene rings is 1. The summed E-state index contributed by atoms with van der Waals surface area (Å²) in [5.74, 6) is 0. The highest BCUT2D eigenvalue weighted by molar-refractivity contribution is 7.98. The number of thiophene rings is 1. The molecule has 1 atom stereocenters. The predicted octanol–water partition coefficient (Wildman–Crippen LogP) is 4.85. The van der Waals surface area contributed by atoms with Crippen LogP contribution in [0.15, 0.2) is 41.3 Å². The molecule has 0 radical (unpaired) electrons. The van der Waals surface area contributed by atoms with Gasteiger partial charge in [0.05, 0.1) is 0 Å². The first-order chi connectivity index (χ1) is 8.91. The predicted molar refractivity (Wildman–Crippen MR) is 85.3 cm³/mol. The van der Waals surface area contributed by atoms with Gasteiger partial charge in [0.15, 0.2) is 0 Å². The minimum atomic E-state index is -0.517. The molecule has 102 valence electrons. The van der Waals surface area contributed by atoms with Crippen molar-refractivity contribution in [3.8, 4) is 0 Å². The lowest BCUT2D eigenvalue weighted by Gasteiger charge is -2.15. The minimum absolute atomic E-state index is 0.144. The molecule has 0 aliphatic carbocycles. The summed E-state index contributed by atoms with van der Waals surface area (Å²) < 4.78 is 0. The third-order valence-corrected chi connectivity index (χ3v) is 5.37. The number of aliphatic hydroxyl groups is 1. The number of thioether (sulfide) groups is 1. The van der Waals surface area contributed by atoms with Crippen molar-refractivity contribution >= 4 is 23.1 Å². The molecule has 1 unspecified atom stereocenters. The fourth-order valence-corrected chi connectivity index (χ4v) is 3.34. The Kier molecular flexibility index (Phi) is 4.39. The molecule has 1 nitrogen and oxygen atoms in total. The van der Waals surface area contributed by atoms with E-state index >= 15 is 0 Å². The smallest absolute Gasteiger partial charge is 0.113 e. The fraction of sp³-hybridized carbons (Fsp3) is 0.375. The van der Waals surface area contributed by atoms with Crippen LogP contribution in [0.2, 0.25) is 0 Å². The first-order valence-corrected chi connectivity index (χ1v) is 8.38. The molecular weight excluding hydrogens is 272 g/mol. The molecule has 0 bridgehead atoms. The van der Waals surface area contributed by atoms with Gasteiger partial charge in [0.1, 0.15) is 6.10 Å². The van der Waals surface area contributed by atoms with Crippen LogP contribution in [0.1, 0.15) is 42.2 Å². The standard InChI is InChI=1S/C16H20OS2/c1-16(2,3)14-10-9-13(19-14)15(17)11-5-7-12(18-4)8-6-11/h5-10,15,17H,1-4H3. The molecule has 0 amide bonds. The van der Waals surface area contributed by atoms with E-state index in [1.54, 1.807) is 23.1 Å². The Morgan fingerprint density at radius 2 is 1.68 bits per heavy atom. The highest BCUT2D eigenvalue weighted by atomic mass is 32.2. The molecule has 2 aromatic rings. The largest absolute Gasteiger partial charge is 0.383 e. The van der Waals surface area contributed by atoms with Gasteiger partial charge in [-0.25, -0.2) is 0 Å². The van der Waals surface area contributed by atoms with E-state index in [0.29, 0.717) is 0 Å². The van der Waals surface area contributed by atoms with E-state index in [-0.39, 0.29) is 5.41 Å². The van der Waals surface area contributed by atoms with Crippen LogP contribution in [0.25, 0.3) is 0 Å². The lowest BCUT2D eigenvalue weighted by Crippen LogP contribution is -2.07. The van der Waals surface area contributed by atoms with Gasteiger partial charge in [0.2, 0.25) is 0 Å². The van der Waals surface area contributed by atoms with Crippen LogP contribution < -0.4 is 0 Å². The van der Waals surface area contributed by atoms with Gasteiger partial charge < -0.3 is 5.11 Å². The summed E-state index contributed by atoms with van der Waals surface area (Å²) in [5.41, 5.74) is 1.10. The molecule has 0 saturated carbocycles. The van der Waals surface area contributed by atoms with E-state index in [1.807, 2.05) is 18.2 Å². The lowest BCUT2D eigenvalue weighted by atomic mass is 9.95. The van der Waals surface area contributed by atoms with Crippen LogP contribution in [0.3, 0.4) is 0 Å². The summed E-state index contributed by atoms with van der Waals surface area (Å²) in [6.07, 6.45) is 1.54. The van der Waals surface area contributed by atoms with Crippen LogP contribution in [0, 0.1) is 0 Å². The molecule has 1 N–H and O–H groups in total. The molecule has 0 saturated heterocycles. The van der Waals surface area contributed by atoms with E-state index < -0.39 is 6.10 Å². The van der Waals surface area contributed by atoms with Crippen molar-refractivity contribution in [3.05, 3.63) is 51.7 Å². The van der Waals surface area contributed by atoms with Gasteiger partial charge in [0.25, 0.3) is 0 Å². The average molecular weight is 292 g/mol. The second-order valence-corrected chi connectivity index (χ2v) is 7.62. The fourth-order valence-electron chi connectivity index (χ4n) is 1.85. The maximum Gasteiger partial charge on any atom is 0.113 e. The number of hydrogen-bond acceptors (Lipinski definition) is 3. The van der Waals surface area contributed by atoms with Crippen molar-refractivity contribution in [1.29, 1.82) is 0 Å². The Balaban J connectivity index is 2.23. The van der Waals surface area contributed by atoms with E-state index in [2.05, 4.69) is 45.2 Å². The third kappa shape index (κ3) is 3.41. The normalized spacial score (nSPS) is 13.5. The van der Waals surface area contributed by atoms with E-state index in [1.165, 1.54) is 9.77 Å². The second-order valence-electron chi connectivity index (χ2n) is 5.63. The van der Waals surface area contributed by atoms with Gasteiger partial charge in [-0.3, -0.25) is 0 Å². The zero-order valence-electron chi connectivity index (χ0n) is 11.8. The van der Waals surface area contributed by atoms with E-state index in [0.717, 1.165) is 10.4 Å². The van der Waals surface area contributed by atoms with Crippen molar-refractivity contribution < 1.29 is 5.11 Å². The summed E-state index contributed by atoms with van der Waals surface area (Å²) in [6.45, 7) is 6.59. The molecule has 2 rings (SSSR count). The molecule has 0 aliphatic heterocycles. The van der Waals surface area contributed by atoms with Gasteiger partial charge >= 0.3 is 0 Å². The summed E-state index contributed by atoms with van der Waals surface area (Å²) in [6, 6.07) is 12.3. The third-order valence-electron chi connectivity index (χ3n) is 3.07. The van der Waals surface area contributed by atoms with Gasteiger partial charge in [-0.05, 0) is 41.5 Å². The molecule has 3 heteroatoms. The lowest BCUT2D eigenvalue weighted by molar-refractivity contribution is 0.224. The maximum absolute atomic E-state index is 10.4. The van der Waals surface area contributed by atoms with Gasteiger partial charge in [-0.1, -0.05) is 32.9 Å². The Hall–Kier alpha value is -0.770. The van der Waals surface area contributed by atoms with E-state index in [4.69, 9.17) is 0 Å². The van der Waals surface area contributed by atoms with Gasteiger partial charge in [0, 0.05) is 14.6 Å². The molecule has 0 spiro atoms. The topological polar surface area (TPSA) is 20.2 Å².